The third kappa shape index (κ3) is 2.33. The van der Waals surface area contributed by atoms with Crippen molar-refractivity contribution in [3.8, 4) is 5.88 Å². The molecular weight excluding hydrogens is 234 g/mol. The van der Waals surface area contributed by atoms with Gasteiger partial charge in [-0.3, -0.25) is 4.90 Å². The van der Waals surface area contributed by atoms with Gasteiger partial charge in [0.1, 0.15) is 0 Å². The summed E-state index contributed by atoms with van der Waals surface area (Å²) in [5.74, 6) is 1.70. The van der Waals surface area contributed by atoms with Crippen LogP contribution < -0.4 is 4.74 Å². The molecule has 6 nitrogen and oxygen atoms in total. The van der Waals surface area contributed by atoms with E-state index in [-0.39, 0.29) is 0 Å². The molecule has 18 heavy (non-hydrogen) atoms. The summed E-state index contributed by atoms with van der Waals surface area (Å²) in [5, 5.41) is 7.95. The summed E-state index contributed by atoms with van der Waals surface area (Å²) < 4.78 is 9.96. The maximum atomic E-state index is 5.34. The van der Waals surface area contributed by atoms with E-state index in [1.807, 2.05) is 0 Å². The topological polar surface area (TPSA) is 60.1 Å². The van der Waals surface area contributed by atoms with Crippen LogP contribution in [0.1, 0.15) is 18.6 Å². The van der Waals surface area contributed by atoms with E-state index in [1.165, 1.54) is 31.6 Å². The van der Waals surface area contributed by atoms with E-state index >= 15 is 0 Å². The Morgan fingerprint density at radius 1 is 1.50 bits per heavy atom. The second kappa shape index (κ2) is 4.97. The van der Waals surface area contributed by atoms with Gasteiger partial charge in [-0.05, 0) is 31.1 Å². The lowest BCUT2D eigenvalue weighted by molar-refractivity contribution is 0.0999. The second-order valence-corrected chi connectivity index (χ2v) is 4.74. The zero-order valence-corrected chi connectivity index (χ0v) is 10.5. The first-order valence-electron chi connectivity index (χ1n) is 6.26. The highest BCUT2D eigenvalue weighted by Crippen LogP contribution is 2.25. The largest absolute Gasteiger partial charge is 0.479 e. The van der Waals surface area contributed by atoms with Gasteiger partial charge >= 0.3 is 0 Å². The summed E-state index contributed by atoms with van der Waals surface area (Å²) in [5.41, 5.74) is 1.17. The van der Waals surface area contributed by atoms with Crippen LogP contribution in [0, 0.1) is 5.92 Å². The highest BCUT2D eigenvalue weighted by molar-refractivity contribution is 5.89. The van der Waals surface area contributed by atoms with Crippen molar-refractivity contribution in [2.24, 2.45) is 11.1 Å². The van der Waals surface area contributed by atoms with Gasteiger partial charge in [-0.1, -0.05) is 5.16 Å². The van der Waals surface area contributed by atoms with Crippen LogP contribution in [0.2, 0.25) is 0 Å². The minimum atomic E-state index is 0.298. The molecule has 1 aromatic rings. The predicted octanol–water partition coefficient (Wildman–Crippen LogP) is 1.28. The molecule has 0 N–H and O–H groups in total. The van der Waals surface area contributed by atoms with Gasteiger partial charge in [0, 0.05) is 18.5 Å². The normalized spacial score (nSPS) is 28.6. The highest BCUT2D eigenvalue weighted by Gasteiger charge is 2.31. The van der Waals surface area contributed by atoms with Crippen LogP contribution in [0.3, 0.4) is 0 Å². The fourth-order valence-electron chi connectivity index (χ4n) is 2.52. The van der Waals surface area contributed by atoms with E-state index in [2.05, 4.69) is 15.2 Å². The van der Waals surface area contributed by atoms with E-state index < -0.39 is 0 Å². The number of aromatic nitrogens is 1. The Hall–Kier alpha value is -1.56. The standard InChI is InChI=1S/C12H17N3O3/c1-16-12-6-10(18-14-12)8-17-13-11-7-15-4-2-9(11)3-5-15/h6,9H,2-5,7-8H2,1H3/b13-11+. The molecule has 1 aromatic heterocycles. The van der Waals surface area contributed by atoms with Crippen molar-refractivity contribution in [1.82, 2.24) is 10.1 Å². The summed E-state index contributed by atoms with van der Waals surface area (Å²) in [4.78, 5) is 7.76. The van der Waals surface area contributed by atoms with Crippen molar-refractivity contribution in [2.45, 2.75) is 19.4 Å². The van der Waals surface area contributed by atoms with E-state index in [0.29, 0.717) is 24.2 Å². The summed E-state index contributed by atoms with van der Waals surface area (Å²) in [7, 11) is 1.55. The molecule has 3 aliphatic rings. The highest BCUT2D eigenvalue weighted by atomic mass is 16.6. The van der Waals surface area contributed by atoms with Crippen molar-refractivity contribution in [3.05, 3.63) is 11.8 Å². The molecule has 4 heterocycles. The molecule has 6 heteroatoms. The van der Waals surface area contributed by atoms with Crippen LogP contribution in [0.4, 0.5) is 0 Å². The molecule has 0 saturated carbocycles. The lowest BCUT2D eigenvalue weighted by Gasteiger charge is -2.39. The van der Waals surface area contributed by atoms with Gasteiger partial charge in [-0.2, -0.15) is 0 Å². The molecule has 0 spiro atoms. The minimum absolute atomic E-state index is 0.298. The number of methoxy groups -OCH3 is 1. The number of fused-ring (bicyclic) bond motifs is 3. The van der Waals surface area contributed by atoms with Crippen LogP contribution in [-0.2, 0) is 11.4 Å². The van der Waals surface area contributed by atoms with Crippen molar-refractivity contribution < 1.29 is 14.1 Å². The van der Waals surface area contributed by atoms with Gasteiger partial charge in [-0.15, -0.1) is 0 Å². The number of nitrogens with zero attached hydrogens (tertiary/aromatic N) is 3. The lowest BCUT2D eigenvalue weighted by Crippen LogP contribution is -2.47. The molecular formula is C12H17N3O3. The van der Waals surface area contributed by atoms with Crippen molar-refractivity contribution >= 4 is 5.71 Å². The fraction of sp³-hybridized carbons (Fsp3) is 0.667. The molecule has 3 saturated heterocycles. The zero-order valence-electron chi connectivity index (χ0n) is 10.5. The van der Waals surface area contributed by atoms with Crippen LogP contribution in [0.25, 0.3) is 0 Å². The molecule has 3 aliphatic heterocycles. The van der Waals surface area contributed by atoms with E-state index in [9.17, 15) is 0 Å². The minimum Gasteiger partial charge on any atom is -0.479 e. The Morgan fingerprint density at radius 3 is 2.94 bits per heavy atom. The quantitative estimate of drug-likeness (QED) is 0.754. The lowest BCUT2D eigenvalue weighted by atomic mass is 9.87. The van der Waals surface area contributed by atoms with Crippen LogP contribution in [0.5, 0.6) is 5.88 Å². The van der Waals surface area contributed by atoms with Crippen molar-refractivity contribution in [3.63, 3.8) is 0 Å². The van der Waals surface area contributed by atoms with Crippen LogP contribution >= 0.6 is 0 Å². The molecule has 4 rings (SSSR count). The average Bonchev–Trinajstić information content (AvgIpc) is 2.88. The number of piperidine rings is 3. The molecule has 2 bridgehead atoms. The van der Waals surface area contributed by atoms with E-state index in [0.717, 1.165) is 6.54 Å². The van der Waals surface area contributed by atoms with E-state index in [4.69, 9.17) is 14.1 Å². The third-order valence-electron chi connectivity index (χ3n) is 3.58. The van der Waals surface area contributed by atoms with Gasteiger partial charge in [0.2, 0.25) is 0 Å². The zero-order chi connectivity index (χ0) is 12.4. The second-order valence-electron chi connectivity index (χ2n) is 4.74. The molecule has 0 aliphatic carbocycles. The number of rotatable bonds is 4. The van der Waals surface area contributed by atoms with Gasteiger partial charge in [0.25, 0.3) is 5.88 Å². The number of ether oxygens (including phenoxy) is 1. The summed E-state index contributed by atoms with van der Waals surface area (Å²) in [6.45, 7) is 3.64. The van der Waals surface area contributed by atoms with Crippen LogP contribution in [-0.4, -0.2) is 42.5 Å². The van der Waals surface area contributed by atoms with Gasteiger partial charge in [-0.25, -0.2) is 0 Å². The first kappa shape index (κ1) is 11.5. The first-order valence-corrected chi connectivity index (χ1v) is 6.26. The Balaban J connectivity index is 1.54. The van der Waals surface area contributed by atoms with Gasteiger partial charge in [0.05, 0.1) is 12.8 Å². The summed E-state index contributed by atoms with van der Waals surface area (Å²) in [6, 6.07) is 1.71. The van der Waals surface area contributed by atoms with E-state index in [1.54, 1.807) is 13.2 Å². The molecule has 0 amide bonds. The third-order valence-corrected chi connectivity index (χ3v) is 3.58. The Morgan fingerprint density at radius 2 is 2.33 bits per heavy atom. The average molecular weight is 251 g/mol. The first-order chi connectivity index (χ1) is 8.85. The van der Waals surface area contributed by atoms with Gasteiger partial charge < -0.3 is 14.1 Å². The number of hydrogen-bond donors (Lipinski definition) is 0. The predicted molar refractivity (Wildman–Crippen MR) is 64.4 cm³/mol. The Kier molecular flexibility index (Phi) is 3.19. The summed E-state index contributed by atoms with van der Waals surface area (Å²) in [6.07, 6.45) is 2.41. The maximum absolute atomic E-state index is 5.34. The molecule has 98 valence electrons. The molecule has 0 atom stereocenters. The Labute approximate surface area is 106 Å². The SMILES string of the molecule is COc1cc(CO/N=C2\CN3CCC2CC3)on1. The van der Waals surface area contributed by atoms with Crippen LogP contribution in [0.15, 0.2) is 15.7 Å². The maximum Gasteiger partial charge on any atom is 0.254 e. The smallest absolute Gasteiger partial charge is 0.254 e. The molecule has 3 fully saturated rings. The molecule has 0 unspecified atom stereocenters. The number of hydrogen-bond acceptors (Lipinski definition) is 6. The van der Waals surface area contributed by atoms with Gasteiger partial charge in [0.15, 0.2) is 12.4 Å². The monoisotopic (exact) mass is 251 g/mol. The fourth-order valence-corrected chi connectivity index (χ4v) is 2.52. The Bertz CT molecular complexity index is 436. The summed E-state index contributed by atoms with van der Waals surface area (Å²) >= 11 is 0. The number of oxime groups is 1. The van der Waals surface area contributed by atoms with Crippen molar-refractivity contribution in [2.75, 3.05) is 26.7 Å². The molecule has 0 radical (unpaired) electrons. The van der Waals surface area contributed by atoms with Crippen molar-refractivity contribution in [1.29, 1.82) is 0 Å². The molecule has 0 aromatic carbocycles.